The Bertz CT molecular complexity index is 1310. The summed E-state index contributed by atoms with van der Waals surface area (Å²) in [7, 11) is 0. The highest BCUT2D eigenvalue weighted by Gasteiger charge is 2.24. The van der Waals surface area contributed by atoms with Crippen LogP contribution >= 0.6 is 0 Å². The van der Waals surface area contributed by atoms with Gasteiger partial charge in [0.1, 0.15) is 0 Å². The van der Waals surface area contributed by atoms with Gasteiger partial charge in [-0.05, 0) is 36.5 Å². The van der Waals surface area contributed by atoms with E-state index in [1.54, 1.807) is 0 Å². The van der Waals surface area contributed by atoms with Gasteiger partial charge in [0, 0.05) is 17.6 Å². The molecule has 0 fully saturated rings. The molecule has 35 heavy (non-hydrogen) atoms. The number of nitrogens with one attached hydrogen (secondary N) is 1. The molecule has 1 amide bonds. The lowest BCUT2D eigenvalue weighted by molar-refractivity contribution is 0.0938. The third kappa shape index (κ3) is 5.74. The first-order valence-corrected chi connectivity index (χ1v) is 12.0. The average molecular weight is 464 g/mol. The maximum absolute atomic E-state index is 13.9. The summed E-state index contributed by atoms with van der Waals surface area (Å²) in [6.07, 6.45) is 3.26. The Labute approximate surface area is 206 Å². The van der Waals surface area contributed by atoms with Gasteiger partial charge in [-0.15, -0.1) is 0 Å². The predicted molar refractivity (Wildman–Crippen MR) is 139 cm³/mol. The minimum absolute atomic E-state index is 0.155. The van der Waals surface area contributed by atoms with E-state index in [1.165, 1.54) is 0 Å². The van der Waals surface area contributed by atoms with Crippen LogP contribution in [0.2, 0.25) is 0 Å². The summed E-state index contributed by atoms with van der Waals surface area (Å²) in [6.45, 7) is 0.155. The van der Waals surface area contributed by atoms with Crippen LogP contribution in [0.15, 0.2) is 84.9 Å². The predicted octanol–water partition coefficient (Wildman–Crippen LogP) is 5.99. The first kappa shape index (κ1) is 24.1. The number of benzene rings is 3. The molecular formula is C30H29N3O2. The van der Waals surface area contributed by atoms with E-state index in [4.69, 9.17) is 4.98 Å². The van der Waals surface area contributed by atoms with Gasteiger partial charge in [-0.25, -0.2) is 4.98 Å². The number of pyridine rings is 1. The van der Waals surface area contributed by atoms with Crippen molar-refractivity contribution in [2.75, 3.05) is 6.61 Å². The molecule has 0 aliphatic carbocycles. The molecule has 2 N–H and O–H groups in total. The van der Waals surface area contributed by atoms with Gasteiger partial charge in [0.2, 0.25) is 0 Å². The fraction of sp³-hybridized carbons (Fsp3) is 0.233. The van der Waals surface area contributed by atoms with Gasteiger partial charge in [0.25, 0.3) is 5.91 Å². The van der Waals surface area contributed by atoms with Gasteiger partial charge >= 0.3 is 0 Å². The van der Waals surface area contributed by atoms with Crippen molar-refractivity contribution in [1.82, 2.24) is 10.3 Å². The van der Waals surface area contributed by atoms with Crippen LogP contribution in [-0.4, -0.2) is 22.6 Å². The minimum Gasteiger partial charge on any atom is -0.396 e. The van der Waals surface area contributed by atoms with Gasteiger partial charge in [-0.2, -0.15) is 5.26 Å². The molecule has 1 heterocycles. The monoisotopic (exact) mass is 463 g/mol. The maximum Gasteiger partial charge on any atom is 0.252 e. The molecule has 176 valence electrons. The van der Waals surface area contributed by atoms with Crippen LogP contribution in [0.4, 0.5) is 0 Å². The second kappa shape index (κ2) is 11.9. The zero-order valence-corrected chi connectivity index (χ0v) is 19.7. The van der Waals surface area contributed by atoms with E-state index in [2.05, 4.69) is 11.4 Å². The Kier molecular flexibility index (Phi) is 8.21. The number of nitrogens with zero attached hydrogens (tertiary/aromatic N) is 2. The maximum atomic E-state index is 13.9. The summed E-state index contributed by atoms with van der Waals surface area (Å²) in [6, 6.07) is 29.0. The minimum atomic E-state index is -0.414. The summed E-state index contributed by atoms with van der Waals surface area (Å²) in [5.41, 5.74) is 4.92. The average Bonchev–Trinajstić information content (AvgIpc) is 2.91. The summed E-state index contributed by atoms with van der Waals surface area (Å²) in [5, 5.41) is 22.6. The topological polar surface area (TPSA) is 86.0 Å². The van der Waals surface area contributed by atoms with E-state index in [-0.39, 0.29) is 18.9 Å². The van der Waals surface area contributed by atoms with Crippen molar-refractivity contribution in [1.29, 1.82) is 5.26 Å². The van der Waals surface area contributed by atoms with E-state index >= 15 is 0 Å². The van der Waals surface area contributed by atoms with Crippen LogP contribution in [0.5, 0.6) is 0 Å². The molecule has 1 aromatic heterocycles. The Morgan fingerprint density at radius 3 is 2.31 bits per heavy atom. The van der Waals surface area contributed by atoms with Crippen LogP contribution in [0.3, 0.4) is 0 Å². The molecule has 0 bridgehead atoms. The van der Waals surface area contributed by atoms with E-state index in [0.717, 1.165) is 52.5 Å². The van der Waals surface area contributed by atoms with E-state index in [0.29, 0.717) is 12.0 Å². The number of unbranched alkanes of at least 4 members (excludes halogenated alkanes) is 2. The summed E-state index contributed by atoms with van der Waals surface area (Å²) >= 11 is 0. The van der Waals surface area contributed by atoms with Crippen molar-refractivity contribution < 1.29 is 9.90 Å². The highest BCUT2D eigenvalue weighted by Crippen LogP contribution is 2.32. The van der Waals surface area contributed by atoms with Gasteiger partial charge in [0.05, 0.1) is 35.3 Å². The molecule has 4 aromatic rings. The van der Waals surface area contributed by atoms with Crippen molar-refractivity contribution in [3.63, 3.8) is 0 Å². The smallest absolute Gasteiger partial charge is 0.252 e. The van der Waals surface area contributed by atoms with Crippen LogP contribution in [-0.2, 0) is 6.42 Å². The number of para-hydroxylation sites is 1. The molecule has 1 atom stereocenters. The molecule has 0 radical (unpaired) electrons. The molecule has 1 unspecified atom stereocenters. The van der Waals surface area contributed by atoms with Crippen LogP contribution in [0.25, 0.3) is 22.2 Å². The number of amides is 1. The zero-order valence-electron chi connectivity index (χ0n) is 19.7. The highest BCUT2D eigenvalue weighted by molar-refractivity contribution is 6.09. The molecular weight excluding hydrogens is 434 g/mol. The lowest BCUT2D eigenvalue weighted by Crippen LogP contribution is -2.29. The molecule has 0 spiro atoms. The number of aliphatic hydroxyl groups excluding tert-OH is 1. The van der Waals surface area contributed by atoms with Crippen LogP contribution in [0.1, 0.15) is 53.2 Å². The number of aliphatic hydroxyl groups is 1. The Hall–Kier alpha value is -4.01. The number of fused-ring (bicyclic) bond motifs is 1. The number of hydrogen-bond acceptors (Lipinski definition) is 4. The number of nitriles is 1. The van der Waals surface area contributed by atoms with Gasteiger partial charge < -0.3 is 10.4 Å². The summed E-state index contributed by atoms with van der Waals surface area (Å²) in [5.74, 6) is -0.206. The van der Waals surface area contributed by atoms with Crippen molar-refractivity contribution in [2.24, 2.45) is 0 Å². The van der Waals surface area contributed by atoms with Crippen LogP contribution < -0.4 is 5.32 Å². The van der Waals surface area contributed by atoms with Crippen molar-refractivity contribution in [3.8, 4) is 17.3 Å². The Balaban J connectivity index is 1.84. The van der Waals surface area contributed by atoms with E-state index in [1.807, 2.05) is 84.9 Å². The Morgan fingerprint density at radius 1 is 0.914 bits per heavy atom. The number of carbonyl (C=O) groups is 1. The first-order valence-electron chi connectivity index (χ1n) is 12.0. The largest absolute Gasteiger partial charge is 0.396 e. The fourth-order valence-corrected chi connectivity index (χ4v) is 4.44. The molecule has 3 aromatic carbocycles. The van der Waals surface area contributed by atoms with Crippen molar-refractivity contribution >= 4 is 16.8 Å². The summed E-state index contributed by atoms with van der Waals surface area (Å²) < 4.78 is 0. The second-order valence-electron chi connectivity index (χ2n) is 8.53. The second-order valence-corrected chi connectivity index (χ2v) is 8.53. The lowest BCUT2D eigenvalue weighted by atomic mass is 9.92. The third-order valence-electron chi connectivity index (χ3n) is 6.16. The molecule has 0 saturated carbocycles. The number of hydrogen-bond donors (Lipinski definition) is 2. The molecule has 5 nitrogen and oxygen atoms in total. The van der Waals surface area contributed by atoms with Crippen molar-refractivity contribution in [3.05, 3.63) is 102 Å². The van der Waals surface area contributed by atoms with Gasteiger partial charge in [-0.1, -0.05) is 85.3 Å². The molecule has 0 aliphatic heterocycles. The van der Waals surface area contributed by atoms with E-state index in [9.17, 15) is 15.2 Å². The molecule has 0 aliphatic rings. The molecule has 4 rings (SSSR count). The number of rotatable bonds is 10. The Morgan fingerprint density at radius 2 is 1.60 bits per heavy atom. The fourth-order valence-electron chi connectivity index (χ4n) is 4.44. The summed E-state index contributed by atoms with van der Waals surface area (Å²) in [4.78, 5) is 18.9. The number of carbonyl (C=O) groups excluding carboxylic acids is 1. The quantitative estimate of drug-likeness (QED) is 0.283. The van der Waals surface area contributed by atoms with E-state index < -0.39 is 6.04 Å². The van der Waals surface area contributed by atoms with Crippen molar-refractivity contribution in [2.45, 2.75) is 38.1 Å². The number of aromatic nitrogens is 1. The standard InChI is InChI=1S/C30H29N3O2/c31-20-19-26(22-12-4-1-5-13-22)33-30(35)28-24-16-9-10-18-27(24)32-29(23-14-6-2-7-15-23)25(28)17-8-3-11-21-34/h1-2,4-7,9-10,12-16,18,26,34H,3,8,11,17,19,21H2,(H,33,35). The third-order valence-corrected chi connectivity index (χ3v) is 6.16. The normalized spacial score (nSPS) is 11.7. The SMILES string of the molecule is N#CCC(NC(=O)c1c(CCCCCO)c(-c2ccccc2)nc2ccccc12)c1ccccc1. The molecule has 5 heteroatoms. The van der Waals surface area contributed by atoms with Crippen LogP contribution in [0, 0.1) is 11.3 Å². The van der Waals surface area contributed by atoms with Gasteiger partial charge in [-0.3, -0.25) is 4.79 Å². The zero-order chi connectivity index (χ0) is 24.5. The lowest BCUT2D eigenvalue weighted by Gasteiger charge is -2.21. The van der Waals surface area contributed by atoms with Gasteiger partial charge in [0.15, 0.2) is 0 Å². The highest BCUT2D eigenvalue weighted by atomic mass is 16.2. The molecule has 0 saturated heterocycles. The first-order chi connectivity index (χ1) is 17.2.